The Labute approximate surface area is 205 Å². The van der Waals surface area contributed by atoms with Crippen molar-refractivity contribution in [3.8, 4) is 0 Å². The Bertz CT molecular complexity index is 1200. The van der Waals surface area contributed by atoms with E-state index >= 15 is 0 Å². The third-order valence-electron chi connectivity index (χ3n) is 4.46. The van der Waals surface area contributed by atoms with E-state index in [4.69, 9.17) is 0 Å². The van der Waals surface area contributed by atoms with Crippen LogP contribution >= 0.6 is 36.2 Å². The summed E-state index contributed by atoms with van der Waals surface area (Å²) in [4.78, 5) is 40.0. The second kappa shape index (κ2) is 12.2. The molecule has 1 aromatic carbocycles. The Hall–Kier alpha value is -3.08. The number of carbonyl (C=O) groups is 2. The molecule has 0 atom stereocenters. The van der Waals surface area contributed by atoms with Gasteiger partial charge < -0.3 is 15.6 Å². The fraction of sp³-hybridized carbons (Fsp3) is 0.190. The number of pyridine rings is 1. The molecule has 0 aliphatic carbocycles. The summed E-state index contributed by atoms with van der Waals surface area (Å²) >= 11 is 1.33. The van der Waals surface area contributed by atoms with Crippen molar-refractivity contribution in [1.82, 2.24) is 30.6 Å². The van der Waals surface area contributed by atoms with Gasteiger partial charge >= 0.3 is 0 Å². The molecule has 12 heteroatoms. The summed E-state index contributed by atoms with van der Waals surface area (Å²) in [5.74, 6) is -0.413. The highest BCUT2D eigenvalue weighted by Gasteiger charge is 2.13. The quantitative estimate of drug-likeness (QED) is 0.336. The molecular formula is C21H21Cl2FN6O2S. The fourth-order valence-corrected chi connectivity index (χ4v) is 3.72. The van der Waals surface area contributed by atoms with Gasteiger partial charge in [-0.1, -0.05) is 12.1 Å². The summed E-state index contributed by atoms with van der Waals surface area (Å²) in [5, 5.41) is 7.79. The van der Waals surface area contributed by atoms with E-state index in [0.717, 1.165) is 16.0 Å². The number of benzene rings is 1. The van der Waals surface area contributed by atoms with E-state index in [2.05, 4.69) is 30.6 Å². The Kier molecular flexibility index (Phi) is 9.71. The maximum atomic E-state index is 13.6. The Balaban J connectivity index is 0.00000193. The van der Waals surface area contributed by atoms with Crippen molar-refractivity contribution < 1.29 is 14.0 Å². The van der Waals surface area contributed by atoms with Gasteiger partial charge in [0.2, 0.25) is 5.91 Å². The smallest absolute Gasteiger partial charge is 0.271 e. The monoisotopic (exact) mass is 510 g/mol. The Morgan fingerprint density at radius 1 is 1.06 bits per heavy atom. The molecule has 0 fully saturated rings. The molecule has 3 heterocycles. The van der Waals surface area contributed by atoms with Crippen LogP contribution in [0.5, 0.6) is 0 Å². The lowest BCUT2D eigenvalue weighted by Gasteiger charge is -2.04. The minimum absolute atomic E-state index is 0. The number of para-hydroxylation sites is 2. The molecule has 0 saturated heterocycles. The zero-order valence-corrected chi connectivity index (χ0v) is 19.7. The normalized spacial score (nSPS) is 10.2. The van der Waals surface area contributed by atoms with Gasteiger partial charge in [0, 0.05) is 24.5 Å². The van der Waals surface area contributed by atoms with Crippen LogP contribution < -0.4 is 10.6 Å². The molecular weight excluding hydrogens is 490 g/mol. The lowest BCUT2D eigenvalue weighted by atomic mass is 10.3. The first kappa shape index (κ1) is 26.2. The van der Waals surface area contributed by atoms with Crippen molar-refractivity contribution in [1.29, 1.82) is 0 Å². The summed E-state index contributed by atoms with van der Waals surface area (Å²) < 4.78 is 13.6. The summed E-state index contributed by atoms with van der Waals surface area (Å²) in [6.45, 7) is 0.378. The average molecular weight is 511 g/mol. The molecule has 0 saturated carbocycles. The lowest BCUT2D eigenvalue weighted by molar-refractivity contribution is -0.120. The van der Waals surface area contributed by atoms with Crippen molar-refractivity contribution in [3.05, 3.63) is 76.0 Å². The first-order chi connectivity index (χ1) is 15.1. The van der Waals surface area contributed by atoms with Crippen molar-refractivity contribution >= 4 is 59.0 Å². The number of halogens is 3. The second-order valence-corrected chi connectivity index (χ2v) is 7.66. The van der Waals surface area contributed by atoms with E-state index < -0.39 is 11.7 Å². The van der Waals surface area contributed by atoms with Crippen molar-refractivity contribution in [2.75, 3.05) is 6.54 Å². The van der Waals surface area contributed by atoms with E-state index in [1.54, 1.807) is 5.38 Å². The van der Waals surface area contributed by atoms with Crippen LogP contribution in [0.25, 0.3) is 11.0 Å². The van der Waals surface area contributed by atoms with Crippen LogP contribution in [0.1, 0.15) is 27.0 Å². The summed E-state index contributed by atoms with van der Waals surface area (Å²) in [5.41, 5.74) is 2.14. The number of H-pyrrole nitrogens is 1. The number of carbonyl (C=O) groups excluding carboxylic acids is 2. The Morgan fingerprint density at radius 2 is 1.88 bits per heavy atom. The zero-order valence-electron chi connectivity index (χ0n) is 17.2. The number of aromatic amines is 1. The van der Waals surface area contributed by atoms with E-state index in [1.165, 1.54) is 29.7 Å². The van der Waals surface area contributed by atoms with Crippen LogP contribution in [0, 0.1) is 5.82 Å². The first-order valence-corrected chi connectivity index (χ1v) is 10.5. The van der Waals surface area contributed by atoms with E-state index in [-0.39, 0.29) is 55.1 Å². The highest BCUT2D eigenvalue weighted by Crippen LogP contribution is 2.12. The number of rotatable bonds is 8. The molecule has 0 radical (unpaired) electrons. The number of nitrogens with zero attached hydrogens (tertiary/aromatic N) is 3. The predicted octanol–water partition coefficient (Wildman–Crippen LogP) is 3.23. The average Bonchev–Trinajstić information content (AvgIpc) is 3.39. The number of thiazole rings is 1. The van der Waals surface area contributed by atoms with Gasteiger partial charge in [-0.3, -0.25) is 14.6 Å². The fourth-order valence-electron chi connectivity index (χ4n) is 2.95. The number of amides is 2. The van der Waals surface area contributed by atoms with Crippen LogP contribution in [-0.4, -0.2) is 38.3 Å². The van der Waals surface area contributed by atoms with Crippen LogP contribution in [0.2, 0.25) is 0 Å². The maximum Gasteiger partial charge on any atom is 0.271 e. The number of hydrogen-bond acceptors (Lipinski definition) is 6. The molecule has 33 heavy (non-hydrogen) atoms. The largest absolute Gasteiger partial charge is 0.355 e. The Morgan fingerprint density at radius 3 is 2.67 bits per heavy atom. The minimum Gasteiger partial charge on any atom is -0.355 e. The molecule has 4 rings (SSSR count). The predicted molar refractivity (Wildman–Crippen MR) is 128 cm³/mol. The van der Waals surface area contributed by atoms with Gasteiger partial charge in [-0.2, -0.15) is 0 Å². The first-order valence-electron chi connectivity index (χ1n) is 9.61. The summed E-state index contributed by atoms with van der Waals surface area (Å²) in [7, 11) is 0. The van der Waals surface area contributed by atoms with Crippen molar-refractivity contribution in [3.63, 3.8) is 0 Å². The van der Waals surface area contributed by atoms with Gasteiger partial charge in [-0.15, -0.1) is 36.2 Å². The van der Waals surface area contributed by atoms with E-state index in [9.17, 15) is 14.0 Å². The molecule has 0 spiro atoms. The maximum absolute atomic E-state index is 13.6. The van der Waals surface area contributed by atoms with Crippen molar-refractivity contribution in [2.45, 2.75) is 19.4 Å². The molecule has 4 aromatic rings. The number of nitrogens with one attached hydrogen (secondary N) is 3. The molecule has 174 valence electrons. The zero-order chi connectivity index (χ0) is 21.6. The number of hydrogen-bond donors (Lipinski definition) is 3. The van der Waals surface area contributed by atoms with Gasteiger partial charge in [0.05, 0.1) is 34.7 Å². The van der Waals surface area contributed by atoms with Gasteiger partial charge in [0.15, 0.2) is 0 Å². The molecule has 0 unspecified atom stereocenters. The number of imidazole rings is 1. The molecule has 3 aromatic heterocycles. The van der Waals surface area contributed by atoms with Crippen LogP contribution in [-0.2, 0) is 24.2 Å². The molecule has 2 amide bonds. The van der Waals surface area contributed by atoms with Gasteiger partial charge in [0.25, 0.3) is 5.91 Å². The summed E-state index contributed by atoms with van der Waals surface area (Å²) in [6, 6.07) is 10.4. The third kappa shape index (κ3) is 6.95. The minimum atomic E-state index is -0.472. The van der Waals surface area contributed by atoms with E-state index in [0.29, 0.717) is 18.8 Å². The number of fused-ring (bicyclic) bond motifs is 1. The summed E-state index contributed by atoms with van der Waals surface area (Å²) in [6.07, 6.45) is 2.12. The van der Waals surface area contributed by atoms with Crippen LogP contribution in [0.3, 0.4) is 0 Å². The molecule has 0 bridgehead atoms. The topological polar surface area (TPSA) is 113 Å². The molecule has 0 aliphatic rings. The third-order valence-corrected chi connectivity index (χ3v) is 5.37. The SMILES string of the molecule is Cl.Cl.O=C(Cc1nc2ccccc2[nH]1)NCCc1nc(C(=O)NCc2ncccc2F)cs1. The molecule has 0 aliphatic heterocycles. The molecule has 3 N–H and O–H groups in total. The molecule has 8 nitrogen and oxygen atoms in total. The van der Waals surface area contributed by atoms with Gasteiger partial charge in [-0.05, 0) is 24.3 Å². The standard InChI is InChI=1S/C21H19FN6O2S.2ClH/c22-13-4-3-8-23-16(13)11-25-21(30)17-12-31-20(28-17)7-9-24-19(29)10-18-26-14-5-1-2-6-15(14)27-18;;/h1-6,8,12H,7,9-11H2,(H,24,29)(H,25,30)(H,26,27);2*1H. The highest BCUT2D eigenvalue weighted by molar-refractivity contribution is 7.09. The lowest BCUT2D eigenvalue weighted by Crippen LogP contribution is -2.27. The van der Waals surface area contributed by atoms with Crippen LogP contribution in [0.4, 0.5) is 4.39 Å². The van der Waals surface area contributed by atoms with Crippen molar-refractivity contribution in [2.24, 2.45) is 0 Å². The van der Waals surface area contributed by atoms with E-state index in [1.807, 2.05) is 24.3 Å². The second-order valence-electron chi connectivity index (χ2n) is 6.72. The van der Waals surface area contributed by atoms with Gasteiger partial charge in [-0.25, -0.2) is 14.4 Å². The highest BCUT2D eigenvalue weighted by atomic mass is 35.5. The van der Waals surface area contributed by atoms with Crippen LogP contribution in [0.15, 0.2) is 48.0 Å². The number of aromatic nitrogens is 4. The van der Waals surface area contributed by atoms with Gasteiger partial charge in [0.1, 0.15) is 17.3 Å².